The highest BCUT2D eigenvalue weighted by Gasteiger charge is 2.17. The summed E-state index contributed by atoms with van der Waals surface area (Å²) in [4.78, 5) is 14.7. The van der Waals surface area contributed by atoms with E-state index in [0.29, 0.717) is 22.1 Å². The summed E-state index contributed by atoms with van der Waals surface area (Å²) in [5, 5.41) is 14.4. The minimum atomic E-state index is -0.448. The predicted molar refractivity (Wildman–Crippen MR) is 70.9 cm³/mol. The van der Waals surface area contributed by atoms with Crippen LogP contribution >= 0.6 is 11.6 Å². The summed E-state index contributed by atoms with van der Waals surface area (Å²) in [5.74, 6) is 0.575. The van der Waals surface area contributed by atoms with Crippen molar-refractivity contribution in [3.63, 3.8) is 0 Å². The zero-order valence-electron chi connectivity index (χ0n) is 9.55. The first-order valence-corrected chi connectivity index (χ1v) is 5.58. The number of halogens is 1. The average Bonchev–Trinajstić information content (AvgIpc) is 2.38. The Morgan fingerprint density at radius 2 is 1.89 bits per heavy atom. The van der Waals surface area contributed by atoms with Crippen LogP contribution in [0.15, 0.2) is 36.4 Å². The van der Waals surface area contributed by atoms with Crippen LogP contribution in [0.2, 0.25) is 5.02 Å². The Bertz CT molecular complexity index is 584. The number of benzene rings is 1. The van der Waals surface area contributed by atoms with Gasteiger partial charge in [-0.05, 0) is 18.2 Å². The first-order chi connectivity index (χ1) is 8.61. The molecule has 6 heteroatoms. The molecule has 18 heavy (non-hydrogen) atoms. The topological polar surface area (TPSA) is 68.1 Å². The van der Waals surface area contributed by atoms with Gasteiger partial charge in [0, 0.05) is 23.7 Å². The van der Waals surface area contributed by atoms with E-state index in [1.807, 2.05) is 0 Å². The van der Waals surface area contributed by atoms with Gasteiger partial charge >= 0.3 is 0 Å². The first-order valence-electron chi connectivity index (χ1n) is 5.21. The van der Waals surface area contributed by atoms with Gasteiger partial charge in [0.05, 0.1) is 4.92 Å². The zero-order valence-corrected chi connectivity index (χ0v) is 10.3. The quantitative estimate of drug-likeness (QED) is 0.681. The van der Waals surface area contributed by atoms with Crippen molar-refractivity contribution in [2.45, 2.75) is 0 Å². The Labute approximate surface area is 109 Å². The molecule has 0 spiro atoms. The number of rotatable bonds is 3. The molecule has 0 aliphatic rings. The van der Waals surface area contributed by atoms with E-state index in [1.54, 1.807) is 37.4 Å². The van der Waals surface area contributed by atoms with Gasteiger partial charge < -0.3 is 5.32 Å². The van der Waals surface area contributed by atoms with Crippen LogP contribution in [-0.4, -0.2) is 17.0 Å². The second kappa shape index (κ2) is 5.01. The minimum absolute atomic E-state index is 0.0312. The van der Waals surface area contributed by atoms with Gasteiger partial charge in [-0.2, -0.15) is 0 Å². The summed E-state index contributed by atoms with van der Waals surface area (Å²) in [6.07, 6.45) is 0. The maximum Gasteiger partial charge on any atom is 0.295 e. The third kappa shape index (κ3) is 2.41. The van der Waals surface area contributed by atoms with E-state index in [9.17, 15) is 10.1 Å². The monoisotopic (exact) mass is 263 g/mol. The summed E-state index contributed by atoms with van der Waals surface area (Å²) in [6, 6.07) is 9.76. The number of aromatic nitrogens is 1. The van der Waals surface area contributed by atoms with Crippen LogP contribution in [0.5, 0.6) is 0 Å². The molecule has 1 N–H and O–H groups in total. The molecular formula is C12H10ClN3O2. The zero-order chi connectivity index (χ0) is 13.1. The minimum Gasteiger partial charge on any atom is -0.373 e. The van der Waals surface area contributed by atoms with Crippen molar-refractivity contribution in [3.8, 4) is 11.3 Å². The van der Waals surface area contributed by atoms with Crippen LogP contribution < -0.4 is 5.32 Å². The third-order valence-electron chi connectivity index (χ3n) is 2.44. The lowest BCUT2D eigenvalue weighted by molar-refractivity contribution is -0.384. The summed E-state index contributed by atoms with van der Waals surface area (Å²) < 4.78 is 0. The molecule has 1 aromatic carbocycles. The molecule has 0 unspecified atom stereocenters. The van der Waals surface area contributed by atoms with E-state index in [2.05, 4.69) is 10.3 Å². The molecule has 0 amide bonds. The van der Waals surface area contributed by atoms with Crippen molar-refractivity contribution >= 4 is 23.1 Å². The van der Waals surface area contributed by atoms with Gasteiger partial charge in [-0.25, -0.2) is 4.98 Å². The third-order valence-corrected chi connectivity index (χ3v) is 2.70. The highest BCUT2D eigenvalue weighted by Crippen LogP contribution is 2.29. The lowest BCUT2D eigenvalue weighted by Gasteiger charge is -2.05. The Kier molecular flexibility index (Phi) is 3.43. The molecule has 0 radical (unpaired) electrons. The van der Waals surface area contributed by atoms with Crippen molar-refractivity contribution in [2.75, 3.05) is 12.4 Å². The van der Waals surface area contributed by atoms with Crippen molar-refractivity contribution < 1.29 is 4.92 Å². The van der Waals surface area contributed by atoms with Gasteiger partial charge in [0.25, 0.3) is 5.69 Å². The molecule has 0 aliphatic heterocycles. The molecular weight excluding hydrogens is 254 g/mol. The highest BCUT2D eigenvalue weighted by atomic mass is 35.5. The number of nitro groups is 1. The van der Waals surface area contributed by atoms with Crippen LogP contribution in [-0.2, 0) is 0 Å². The fourth-order valence-corrected chi connectivity index (χ4v) is 1.68. The Hall–Kier alpha value is -2.14. The molecule has 2 rings (SSSR count). The molecule has 0 saturated heterocycles. The molecule has 0 fully saturated rings. The molecule has 1 heterocycles. The van der Waals surface area contributed by atoms with Gasteiger partial charge in [-0.1, -0.05) is 23.7 Å². The normalized spacial score (nSPS) is 10.1. The number of pyridine rings is 1. The van der Waals surface area contributed by atoms with E-state index < -0.39 is 4.92 Å². The van der Waals surface area contributed by atoms with Crippen LogP contribution in [0.4, 0.5) is 11.5 Å². The number of nitrogens with zero attached hydrogens (tertiary/aromatic N) is 2. The number of anilines is 1. The Morgan fingerprint density at radius 3 is 2.44 bits per heavy atom. The molecule has 1 aromatic heterocycles. The number of nitrogens with one attached hydrogen (secondary N) is 1. The Morgan fingerprint density at radius 1 is 1.22 bits per heavy atom. The highest BCUT2D eigenvalue weighted by molar-refractivity contribution is 6.30. The fraction of sp³-hybridized carbons (Fsp3) is 0.0833. The van der Waals surface area contributed by atoms with E-state index in [4.69, 9.17) is 11.6 Å². The van der Waals surface area contributed by atoms with Crippen LogP contribution in [0.25, 0.3) is 11.3 Å². The fourth-order valence-electron chi connectivity index (χ4n) is 1.56. The van der Waals surface area contributed by atoms with Gasteiger partial charge in [-0.3, -0.25) is 10.1 Å². The largest absolute Gasteiger partial charge is 0.373 e. The van der Waals surface area contributed by atoms with Gasteiger partial charge in [0.1, 0.15) is 5.82 Å². The second-order valence-electron chi connectivity index (χ2n) is 3.58. The van der Waals surface area contributed by atoms with E-state index in [-0.39, 0.29) is 5.69 Å². The van der Waals surface area contributed by atoms with Crippen LogP contribution in [0, 0.1) is 10.1 Å². The SMILES string of the molecule is CNc1ccc([N+](=O)[O-])c(-c2ccc(Cl)cc2)n1. The van der Waals surface area contributed by atoms with Gasteiger partial charge in [0.15, 0.2) is 5.69 Å². The summed E-state index contributed by atoms with van der Waals surface area (Å²) in [7, 11) is 1.71. The summed E-state index contributed by atoms with van der Waals surface area (Å²) in [6.45, 7) is 0. The second-order valence-corrected chi connectivity index (χ2v) is 4.01. The van der Waals surface area contributed by atoms with Crippen molar-refractivity contribution in [2.24, 2.45) is 0 Å². The number of hydrogen-bond donors (Lipinski definition) is 1. The molecule has 0 aliphatic carbocycles. The average molecular weight is 264 g/mol. The van der Waals surface area contributed by atoms with Gasteiger partial charge in [0.2, 0.25) is 0 Å². The van der Waals surface area contributed by atoms with Gasteiger partial charge in [-0.15, -0.1) is 0 Å². The molecule has 0 saturated carbocycles. The van der Waals surface area contributed by atoms with Crippen LogP contribution in [0.3, 0.4) is 0 Å². The van der Waals surface area contributed by atoms with Crippen molar-refractivity contribution in [3.05, 3.63) is 51.5 Å². The predicted octanol–water partition coefficient (Wildman–Crippen LogP) is 3.35. The molecule has 0 atom stereocenters. The summed E-state index contributed by atoms with van der Waals surface area (Å²) in [5.41, 5.74) is 0.947. The van der Waals surface area contributed by atoms with E-state index >= 15 is 0 Å². The lowest BCUT2D eigenvalue weighted by atomic mass is 10.1. The number of hydrogen-bond acceptors (Lipinski definition) is 4. The molecule has 5 nitrogen and oxygen atoms in total. The molecule has 92 valence electrons. The maximum absolute atomic E-state index is 11.0. The lowest BCUT2D eigenvalue weighted by Crippen LogP contribution is -1.98. The maximum atomic E-state index is 11.0. The standard InChI is InChI=1S/C12H10ClN3O2/c1-14-11-7-6-10(16(17)18)12(15-11)8-2-4-9(13)5-3-8/h2-7H,1H3,(H,14,15). The van der Waals surface area contributed by atoms with Crippen molar-refractivity contribution in [1.29, 1.82) is 0 Å². The van der Waals surface area contributed by atoms with E-state index in [1.165, 1.54) is 6.07 Å². The first kappa shape index (κ1) is 12.3. The smallest absolute Gasteiger partial charge is 0.295 e. The van der Waals surface area contributed by atoms with Crippen LogP contribution in [0.1, 0.15) is 0 Å². The van der Waals surface area contributed by atoms with E-state index in [0.717, 1.165) is 0 Å². The van der Waals surface area contributed by atoms with Crippen molar-refractivity contribution in [1.82, 2.24) is 4.98 Å². The summed E-state index contributed by atoms with van der Waals surface area (Å²) >= 11 is 5.79. The molecule has 2 aromatic rings. The Balaban J connectivity index is 2.59. The molecule has 0 bridgehead atoms.